The maximum atomic E-state index is 5.81. The fourth-order valence-corrected chi connectivity index (χ4v) is 1.85. The maximum Gasteiger partial charge on any atom is 0.123 e. The van der Waals surface area contributed by atoms with Gasteiger partial charge < -0.3 is 14.8 Å². The lowest BCUT2D eigenvalue weighted by atomic mass is 10.2. The van der Waals surface area contributed by atoms with Crippen molar-refractivity contribution in [3.05, 3.63) is 29.8 Å². The molecule has 1 N–H and O–H groups in total. The largest absolute Gasteiger partial charge is 0.491 e. The molecule has 1 aromatic rings. The zero-order chi connectivity index (χ0) is 14.6. The molecule has 0 saturated carbocycles. The molecule has 0 aliphatic heterocycles. The fourth-order valence-electron chi connectivity index (χ4n) is 1.85. The van der Waals surface area contributed by atoms with E-state index >= 15 is 0 Å². The highest BCUT2D eigenvalue weighted by molar-refractivity contribution is 5.33. The first-order valence-electron chi connectivity index (χ1n) is 7.73. The minimum absolute atomic E-state index is 0.616. The summed E-state index contributed by atoms with van der Waals surface area (Å²) in [5, 5.41) is 3.45. The monoisotopic (exact) mass is 279 g/mol. The molecule has 114 valence electrons. The highest BCUT2D eigenvalue weighted by Crippen LogP contribution is 2.17. The third-order valence-corrected chi connectivity index (χ3v) is 2.97. The molecule has 0 aliphatic rings. The predicted molar refractivity (Wildman–Crippen MR) is 84.2 cm³/mol. The van der Waals surface area contributed by atoms with E-state index in [4.69, 9.17) is 9.47 Å². The number of nitrogens with one attached hydrogen (secondary N) is 1. The zero-order valence-electron chi connectivity index (χ0n) is 13.2. The second kappa shape index (κ2) is 10.7. The molecule has 0 atom stereocenters. The van der Waals surface area contributed by atoms with Crippen molar-refractivity contribution in [1.82, 2.24) is 5.32 Å². The molecule has 3 nitrogen and oxygen atoms in total. The SMILES string of the molecule is CCCCOCCOc1ccccc1CNCC(C)C. The summed E-state index contributed by atoms with van der Waals surface area (Å²) >= 11 is 0. The molecule has 1 rings (SSSR count). The van der Waals surface area contributed by atoms with Gasteiger partial charge in [0.25, 0.3) is 0 Å². The number of unbranched alkanes of at least 4 members (excludes halogenated alkanes) is 1. The third kappa shape index (κ3) is 7.51. The topological polar surface area (TPSA) is 30.5 Å². The molecule has 1 aromatic carbocycles. The quantitative estimate of drug-likeness (QED) is 0.627. The number of para-hydroxylation sites is 1. The van der Waals surface area contributed by atoms with Crippen LogP contribution in [0.5, 0.6) is 5.75 Å². The summed E-state index contributed by atoms with van der Waals surface area (Å²) in [6, 6.07) is 8.20. The van der Waals surface area contributed by atoms with E-state index in [2.05, 4.69) is 38.2 Å². The Morgan fingerprint density at radius 2 is 1.90 bits per heavy atom. The maximum absolute atomic E-state index is 5.81. The van der Waals surface area contributed by atoms with Crippen molar-refractivity contribution < 1.29 is 9.47 Å². The highest BCUT2D eigenvalue weighted by atomic mass is 16.5. The molecular weight excluding hydrogens is 250 g/mol. The second-order valence-electron chi connectivity index (χ2n) is 5.45. The average Bonchev–Trinajstić information content (AvgIpc) is 2.44. The molecule has 0 bridgehead atoms. The summed E-state index contributed by atoms with van der Waals surface area (Å²) in [6.45, 7) is 10.6. The molecule has 0 heterocycles. The Labute approximate surface area is 123 Å². The van der Waals surface area contributed by atoms with Crippen molar-refractivity contribution in [2.24, 2.45) is 5.92 Å². The molecule has 20 heavy (non-hydrogen) atoms. The summed E-state index contributed by atoms with van der Waals surface area (Å²) < 4.78 is 11.3. The van der Waals surface area contributed by atoms with E-state index in [9.17, 15) is 0 Å². The minimum atomic E-state index is 0.616. The van der Waals surface area contributed by atoms with E-state index in [-0.39, 0.29) is 0 Å². The van der Waals surface area contributed by atoms with E-state index in [1.165, 1.54) is 12.0 Å². The lowest BCUT2D eigenvalue weighted by molar-refractivity contribution is 0.0977. The Morgan fingerprint density at radius 3 is 2.65 bits per heavy atom. The molecule has 3 heteroatoms. The van der Waals surface area contributed by atoms with E-state index in [1.54, 1.807) is 0 Å². The Kier molecular flexibility index (Phi) is 9.09. The Balaban J connectivity index is 2.29. The summed E-state index contributed by atoms with van der Waals surface area (Å²) in [4.78, 5) is 0. The van der Waals surface area contributed by atoms with Gasteiger partial charge in [-0.15, -0.1) is 0 Å². The van der Waals surface area contributed by atoms with Gasteiger partial charge in [-0.2, -0.15) is 0 Å². The van der Waals surface area contributed by atoms with Gasteiger partial charge in [0.1, 0.15) is 12.4 Å². The third-order valence-electron chi connectivity index (χ3n) is 2.97. The molecule has 0 spiro atoms. The van der Waals surface area contributed by atoms with Crippen LogP contribution in [-0.4, -0.2) is 26.4 Å². The molecule has 0 radical (unpaired) electrons. The number of hydrogen-bond acceptors (Lipinski definition) is 3. The van der Waals surface area contributed by atoms with Crippen LogP contribution in [0.1, 0.15) is 39.2 Å². The number of ether oxygens (including phenoxy) is 2. The van der Waals surface area contributed by atoms with Crippen molar-refractivity contribution in [1.29, 1.82) is 0 Å². The molecular formula is C17H29NO2. The smallest absolute Gasteiger partial charge is 0.123 e. The van der Waals surface area contributed by atoms with Crippen LogP contribution in [0.4, 0.5) is 0 Å². The lowest BCUT2D eigenvalue weighted by Crippen LogP contribution is -2.19. The Morgan fingerprint density at radius 1 is 1.10 bits per heavy atom. The average molecular weight is 279 g/mol. The van der Waals surface area contributed by atoms with Gasteiger partial charge in [0, 0.05) is 18.7 Å². The van der Waals surface area contributed by atoms with Crippen LogP contribution in [0.15, 0.2) is 24.3 Å². The van der Waals surface area contributed by atoms with Gasteiger partial charge in [-0.1, -0.05) is 45.4 Å². The van der Waals surface area contributed by atoms with Crippen LogP contribution in [-0.2, 0) is 11.3 Å². The Hall–Kier alpha value is -1.06. The molecule has 0 fully saturated rings. The van der Waals surface area contributed by atoms with Gasteiger partial charge in [0.05, 0.1) is 6.61 Å². The normalized spacial score (nSPS) is 11.0. The Bertz CT molecular complexity index is 353. The van der Waals surface area contributed by atoms with Crippen molar-refractivity contribution in [3.8, 4) is 5.75 Å². The fraction of sp³-hybridized carbons (Fsp3) is 0.647. The zero-order valence-corrected chi connectivity index (χ0v) is 13.2. The van der Waals surface area contributed by atoms with Gasteiger partial charge in [-0.25, -0.2) is 0 Å². The molecule has 0 aliphatic carbocycles. The van der Waals surface area contributed by atoms with Crippen molar-refractivity contribution in [2.45, 2.75) is 40.2 Å². The molecule has 0 unspecified atom stereocenters. The number of benzene rings is 1. The van der Waals surface area contributed by atoms with Crippen molar-refractivity contribution >= 4 is 0 Å². The second-order valence-corrected chi connectivity index (χ2v) is 5.45. The van der Waals surface area contributed by atoms with Gasteiger partial charge in [0.15, 0.2) is 0 Å². The van der Waals surface area contributed by atoms with Gasteiger partial charge in [-0.3, -0.25) is 0 Å². The van der Waals surface area contributed by atoms with E-state index < -0.39 is 0 Å². The molecule has 0 aromatic heterocycles. The summed E-state index contributed by atoms with van der Waals surface area (Å²) in [7, 11) is 0. The predicted octanol–water partition coefficient (Wildman–Crippen LogP) is 3.63. The van der Waals surface area contributed by atoms with E-state index in [0.717, 1.165) is 31.9 Å². The van der Waals surface area contributed by atoms with Crippen molar-refractivity contribution in [3.63, 3.8) is 0 Å². The van der Waals surface area contributed by atoms with Gasteiger partial charge in [-0.05, 0) is 24.9 Å². The number of rotatable bonds is 11. The minimum Gasteiger partial charge on any atom is -0.491 e. The lowest BCUT2D eigenvalue weighted by Gasteiger charge is -2.13. The van der Waals surface area contributed by atoms with Crippen LogP contribution >= 0.6 is 0 Å². The van der Waals surface area contributed by atoms with Crippen molar-refractivity contribution in [2.75, 3.05) is 26.4 Å². The number of hydrogen-bond donors (Lipinski definition) is 1. The highest BCUT2D eigenvalue weighted by Gasteiger charge is 2.03. The summed E-state index contributed by atoms with van der Waals surface area (Å²) in [5.74, 6) is 1.62. The standard InChI is InChI=1S/C17H29NO2/c1-4-5-10-19-11-12-20-17-9-7-6-8-16(17)14-18-13-15(2)3/h6-9,15,18H,4-5,10-14H2,1-3H3. The van der Waals surface area contributed by atoms with Crippen LogP contribution in [0, 0.1) is 5.92 Å². The van der Waals surface area contributed by atoms with E-state index in [0.29, 0.717) is 19.1 Å². The van der Waals surface area contributed by atoms with Gasteiger partial charge >= 0.3 is 0 Å². The van der Waals surface area contributed by atoms with Crippen LogP contribution in [0.3, 0.4) is 0 Å². The summed E-state index contributed by atoms with van der Waals surface area (Å²) in [5.41, 5.74) is 1.21. The van der Waals surface area contributed by atoms with Gasteiger partial charge in [0.2, 0.25) is 0 Å². The van der Waals surface area contributed by atoms with Crippen LogP contribution in [0.25, 0.3) is 0 Å². The summed E-state index contributed by atoms with van der Waals surface area (Å²) in [6.07, 6.45) is 2.29. The first-order chi connectivity index (χ1) is 9.74. The first-order valence-corrected chi connectivity index (χ1v) is 7.73. The first kappa shape index (κ1) is 17.0. The van der Waals surface area contributed by atoms with Crippen LogP contribution in [0.2, 0.25) is 0 Å². The molecule has 0 saturated heterocycles. The van der Waals surface area contributed by atoms with Crippen LogP contribution < -0.4 is 10.1 Å². The van der Waals surface area contributed by atoms with E-state index in [1.807, 2.05) is 12.1 Å². The molecule has 0 amide bonds.